The van der Waals surface area contributed by atoms with Gasteiger partial charge in [-0.05, 0) is 43.9 Å². The third kappa shape index (κ3) is 4.26. The van der Waals surface area contributed by atoms with E-state index in [2.05, 4.69) is 10.1 Å². The van der Waals surface area contributed by atoms with Gasteiger partial charge in [-0.2, -0.15) is 0 Å². The Kier molecular flexibility index (Phi) is 4.90. The molecule has 0 aliphatic heterocycles. The van der Waals surface area contributed by atoms with Crippen LogP contribution in [0.3, 0.4) is 0 Å². The second-order valence-electron chi connectivity index (χ2n) is 5.09. The number of halogens is 1. The van der Waals surface area contributed by atoms with Crippen molar-refractivity contribution in [3.05, 3.63) is 29.6 Å². The average molecular weight is 295 g/mol. The monoisotopic (exact) mass is 295 g/mol. The van der Waals surface area contributed by atoms with Crippen molar-refractivity contribution in [2.24, 2.45) is 5.92 Å². The van der Waals surface area contributed by atoms with Gasteiger partial charge in [-0.3, -0.25) is 4.79 Å². The van der Waals surface area contributed by atoms with Gasteiger partial charge in [0.15, 0.2) is 0 Å². The number of ether oxygens (including phenoxy) is 2. The van der Waals surface area contributed by atoms with Crippen molar-refractivity contribution in [1.29, 1.82) is 0 Å². The van der Waals surface area contributed by atoms with Gasteiger partial charge in [0.2, 0.25) is 0 Å². The van der Waals surface area contributed by atoms with Gasteiger partial charge < -0.3 is 14.8 Å². The molecular formula is C15H18FNO4. The van der Waals surface area contributed by atoms with Gasteiger partial charge in [0.05, 0.1) is 19.3 Å². The number of anilines is 1. The van der Waals surface area contributed by atoms with Crippen molar-refractivity contribution in [3.63, 3.8) is 0 Å². The number of hydrogen-bond donors (Lipinski definition) is 1. The molecule has 1 aromatic rings. The van der Waals surface area contributed by atoms with E-state index >= 15 is 0 Å². The Balaban J connectivity index is 1.97. The van der Waals surface area contributed by atoms with E-state index < -0.39 is 17.9 Å². The molecule has 1 amide bonds. The molecule has 1 saturated carbocycles. The van der Waals surface area contributed by atoms with Crippen molar-refractivity contribution in [1.82, 2.24) is 0 Å². The van der Waals surface area contributed by atoms with Crippen molar-refractivity contribution < 1.29 is 23.5 Å². The number of carbonyl (C=O) groups excluding carboxylic acids is 2. The first-order valence-corrected chi connectivity index (χ1v) is 6.81. The molecule has 1 atom stereocenters. The molecule has 0 heterocycles. The molecule has 0 aromatic heterocycles. The molecule has 5 nitrogen and oxygen atoms in total. The molecule has 0 unspecified atom stereocenters. The van der Waals surface area contributed by atoms with Gasteiger partial charge in [-0.25, -0.2) is 9.18 Å². The van der Waals surface area contributed by atoms with E-state index in [0.717, 1.165) is 18.9 Å². The number of esters is 1. The molecule has 1 aliphatic rings. The van der Waals surface area contributed by atoms with E-state index in [1.165, 1.54) is 19.2 Å². The van der Waals surface area contributed by atoms with Crippen LogP contribution in [0.15, 0.2) is 18.2 Å². The Morgan fingerprint density at radius 3 is 2.76 bits per heavy atom. The average Bonchev–Trinajstić information content (AvgIpc) is 3.30. The predicted molar refractivity (Wildman–Crippen MR) is 74.5 cm³/mol. The maximum absolute atomic E-state index is 13.5. The Labute approximate surface area is 122 Å². The summed E-state index contributed by atoms with van der Waals surface area (Å²) in [7, 11) is 1.17. The number of rotatable bonds is 6. The van der Waals surface area contributed by atoms with Gasteiger partial charge in [-0.1, -0.05) is 0 Å². The van der Waals surface area contributed by atoms with Gasteiger partial charge in [-0.15, -0.1) is 0 Å². The molecule has 21 heavy (non-hydrogen) atoms. The largest absolute Gasteiger partial charge is 0.465 e. The fourth-order valence-electron chi connectivity index (χ4n) is 1.75. The first-order valence-electron chi connectivity index (χ1n) is 6.81. The number of amides is 1. The maximum atomic E-state index is 13.5. The molecule has 1 aliphatic carbocycles. The summed E-state index contributed by atoms with van der Waals surface area (Å²) < 4.78 is 23.4. The quantitative estimate of drug-likeness (QED) is 0.818. The third-order valence-electron chi connectivity index (χ3n) is 3.29. The first-order chi connectivity index (χ1) is 10.0. The number of methoxy groups -OCH3 is 1. The summed E-state index contributed by atoms with van der Waals surface area (Å²) >= 11 is 0. The zero-order chi connectivity index (χ0) is 15.4. The second kappa shape index (κ2) is 6.67. The highest BCUT2D eigenvalue weighted by Gasteiger charge is 2.24. The summed E-state index contributed by atoms with van der Waals surface area (Å²) in [6.07, 6.45) is 1.70. The lowest BCUT2D eigenvalue weighted by Crippen LogP contribution is -2.28. The van der Waals surface area contributed by atoms with Gasteiger partial charge in [0.1, 0.15) is 11.9 Å². The first kappa shape index (κ1) is 15.4. The van der Waals surface area contributed by atoms with Crippen LogP contribution in [0, 0.1) is 11.7 Å². The molecule has 114 valence electrons. The fourth-order valence-corrected chi connectivity index (χ4v) is 1.75. The van der Waals surface area contributed by atoms with E-state index in [0.29, 0.717) is 18.2 Å². The van der Waals surface area contributed by atoms with Gasteiger partial charge in [0.25, 0.3) is 5.91 Å². The highest BCUT2D eigenvalue weighted by molar-refractivity contribution is 5.96. The van der Waals surface area contributed by atoms with Gasteiger partial charge >= 0.3 is 5.97 Å². The van der Waals surface area contributed by atoms with Crippen LogP contribution in [0.2, 0.25) is 0 Å². The van der Waals surface area contributed by atoms with Crippen LogP contribution in [-0.4, -0.2) is 31.7 Å². The Morgan fingerprint density at radius 1 is 1.43 bits per heavy atom. The minimum absolute atomic E-state index is 0.221. The molecule has 0 spiro atoms. The summed E-state index contributed by atoms with van der Waals surface area (Å²) in [6, 6.07) is 3.73. The molecule has 1 fully saturated rings. The lowest BCUT2D eigenvalue weighted by Gasteiger charge is -2.13. The maximum Gasteiger partial charge on any atom is 0.340 e. The highest BCUT2D eigenvalue weighted by atomic mass is 19.1. The van der Waals surface area contributed by atoms with Crippen LogP contribution in [0.5, 0.6) is 0 Å². The molecular weight excluding hydrogens is 277 g/mol. The summed E-state index contributed by atoms with van der Waals surface area (Å²) in [4.78, 5) is 23.3. The standard InChI is InChI=1S/C15H18FNO4/c1-9(21-8-10-3-4-10)14(18)17-11-5-6-13(16)12(7-11)15(19)20-2/h5-7,9-10H,3-4,8H2,1-2H3,(H,17,18)/t9-/m0/s1. The Morgan fingerprint density at radius 2 is 2.14 bits per heavy atom. The van der Waals surface area contributed by atoms with Crippen LogP contribution >= 0.6 is 0 Å². The molecule has 1 aromatic carbocycles. The topological polar surface area (TPSA) is 64.6 Å². The molecule has 0 radical (unpaired) electrons. The Hall–Kier alpha value is -1.95. The van der Waals surface area contributed by atoms with E-state index in [1.54, 1.807) is 6.92 Å². The minimum atomic E-state index is -0.790. The van der Waals surface area contributed by atoms with Crippen LogP contribution in [-0.2, 0) is 14.3 Å². The lowest BCUT2D eigenvalue weighted by molar-refractivity contribution is -0.126. The van der Waals surface area contributed by atoms with E-state index in [4.69, 9.17) is 4.74 Å². The van der Waals surface area contributed by atoms with Gasteiger partial charge in [0, 0.05) is 5.69 Å². The minimum Gasteiger partial charge on any atom is -0.465 e. The summed E-state index contributed by atoms with van der Waals surface area (Å²) in [5.41, 5.74) is 0.102. The molecule has 0 bridgehead atoms. The van der Waals surface area contributed by atoms with Crippen LogP contribution in [0.4, 0.5) is 10.1 Å². The van der Waals surface area contributed by atoms with Crippen LogP contribution < -0.4 is 5.32 Å². The van der Waals surface area contributed by atoms with Crippen molar-refractivity contribution >= 4 is 17.6 Å². The zero-order valence-electron chi connectivity index (χ0n) is 12.0. The number of hydrogen-bond acceptors (Lipinski definition) is 4. The molecule has 6 heteroatoms. The van der Waals surface area contributed by atoms with Crippen molar-refractivity contribution in [3.8, 4) is 0 Å². The lowest BCUT2D eigenvalue weighted by atomic mass is 10.2. The number of benzene rings is 1. The van der Waals surface area contributed by atoms with Crippen molar-refractivity contribution in [2.75, 3.05) is 19.0 Å². The zero-order valence-corrected chi connectivity index (χ0v) is 12.0. The van der Waals surface area contributed by atoms with Crippen molar-refractivity contribution in [2.45, 2.75) is 25.9 Å². The highest BCUT2D eigenvalue weighted by Crippen LogP contribution is 2.29. The van der Waals surface area contributed by atoms with Crippen LogP contribution in [0.25, 0.3) is 0 Å². The number of carbonyl (C=O) groups is 2. The summed E-state index contributed by atoms with van der Waals surface area (Å²) in [6.45, 7) is 2.23. The summed E-state index contributed by atoms with van der Waals surface area (Å²) in [5, 5.41) is 2.59. The normalized spacial score (nSPS) is 15.4. The summed E-state index contributed by atoms with van der Waals surface area (Å²) in [5.74, 6) is -1.26. The molecule has 0 saturated heterocycles. The van der Waals surface area contributed by atoms with Crippen LogP contribution in [0.1, 0.15) is 30.1 Å². The van der Waals surface area contributed by atoms with E-state index in [9.17, 15) is 14.0 Å². The third-order valence-corrected chi connectivity index (χ3v) is 3.29. The van der Waals surface area contributed by atoms with E-state index in [-0.39, 0.29) is 11.5 Å². The smallest absolute Gasteiger partial charge is 0.340 e. The second-order valence-corrected chi connectivity index (χ2v) is 5.09. The molecule has 1 N–H and O–H groups in total. The fraction of sp³-hybridized carbons (Fsp3) is 0.467. The predicted octanol–water partition coefficient (Wildman–Crippen LogP) is 2.37. The SMILES string of the molecule is COC(=O)c1cc(NC(=O)[C@H](C)OCC2CC2)ccc1F. The number of nitrogens with one attached hydrogen (secondary N) is 1. The van der Waals surface area contributed by atoms with E-state index in [1.807, 2.05) is 0 Å². The molecule has 2 rings (SSSR count). The Bertz CT molecular complexity index is 542.